The van der Waals surface area contributed by atoms with E-state index < -0.39 is 0 Å². The number of anilines is 1. The predicted octanol–water partition coefficient (Wildman–Crippen LogP) is 2.16. The topological polar surface area (TPSA) is 75.4 Å². The van der Waals surface area contributed by atoms with Crippen LogP contribution in [-0.4, -0.2) is 51.9 Å². The molecule has 0 bridgehead atoms. The van der Waals surface area contributed by atoms with Crippen molar-refractivity contribution in [1.29, 1.82) is 0 Å². The Morgan fingerprint density at radius 2 is 1.92 bits per heavy atom. The van der Waals surface area contributed by atoms with Crippen molar-refractivity contribution in [1.82, 2.24) is 19.9 Å². The largest absolute Gasteiger partial charge is 0.462 e. The average Bonchev–Trinajstić information content (AvgIpc) is 3.33. The van der Waals surface area contributed by atoms with Gasteiger partial charge in [-0.1, -0.05) is 0 Å². The smallest absolute Gasteiger partial charge is 0.273 e. The number of nitrogens with zero attached hydrogens (tertiary/aromatic N) is 5. The highest BCUT2D eigenvalue weighted by Crippen LogP contribution is 2.24. The zero-order valence-corrected chi connectivity index (χ0v) is 13.6. The van der Waals surface area contributed by atoms with E-state index in [9.17, 15) is 4.79 Å². The molecular formula is C16H15N5O2S. The molecule has 4 heterocycles. The van der Waals surface area contributed by atoms with Crippen molar-refractivity contribution in [3.8, 4) is 10.8 Å². The highest BCUT2D eigenvalue weighted by molar-refractivity contribution is 7.13. The quantitative estimate of drug-likeness (QED) is 0.727. The van der Waals surface area contributed by atoms with Crippen LogP contribution in [0, 0.1) is 0 Å². The van der Waals surface area contributed by atoms with Crippen LogP contribution < -0.4 is 4.90 Å². The minimum Gasteiger partial charge on any atom is -0.462 e. The number of rotatable bonds is 3. The van der Waals surface area contributed by atoms with Crippen molar-refractivity contribution in [2.24, 2.45) is 0 Å². The maximum Gasteiger partial charge on any atom is 0.273 e. The molecule has 0 aliphatic carbocycles. The first-order valence-corrected chi connectivity index (χ1v) is 8.50. The van der Waals surface area contributed by atoms with Crippen molar-refractivity contribution in [2.45, 2.75) is 0 Å². The standard InChI is InChI=1S/C16H15N5O2S/c22-15(12-11-24-14(19-12)13-3-1-10-23-13)20-6-8-21(9-7-20)16-17-4-2-5-18-16/h1-5,10-11H,6-9H2. The number of hydrogen-bond acceptors (Lipinski definition) is 7. The van der Waals surface area contributed by atoms with E-state index in [1.807, 2.05) is 17.0 Å². The summed E-state index contributed by atoms with van der Waals surface area (Å²) in [5.41, 5.74) is 0.468. The highest BCUT2D eigenvalue weighted by atomic mass is 32.1. The van der Waals surface area contributed by atoms with Gasteiger partial charge >= 0.3 is 0 Å². The van der Waals surface area contributed by atoms with Gasteiger partial charge in [0.2, 0.25) is 5.95 Å². The van der Waals surface area contributed by atoms with Gasteiger partial charge < -0.3 is 14.2 Å². The molecule has 0 aromatic carbocycles. The minimum absolute atomic E-state index is 0.0438. The molecule has 3 aromatic rings. The first kappa shape index (κ1) is 14.8. The molecule has 24 heavy (non-hydrogen) atoms. The summed E-state index contributed by atoms with van der Waals surface area (Å²) in [5, 5.41) is 2.51. The fourth-order valence-electron chi connectivity index (χ4n) is 2.61. The van der Waals surface area contributed by atoms with Crippen LogP contribution in [0.1, 0.15) is 10.5 Å². The number of hydrogen-bond donors (Lipinski definition) is 0. The summed E-state index contributed by atoms with van der Waals surface area (Å²) in [6.45, 7) is 2.69. The Balaban J connectivity index is 1.41. The summed E-state index contributed by atoms with van der Waals surface area (Å²) in [4.78, 5) is 29.4. The first-order valence-electron chi connectivity index (χ1n) is 7.62. The number of aromatic nitrogens is 3. The van der Waals surface area contributed by atoms with Crippen molar-refractivity contribution < 1.29 is 9.21 Å². The van der Waals surface area contributed by atoms with Gasteiger partial charge in [0.25, 0.3) is 5.91 Å². The van der Waals surface area contributed by atoms with Crippen LogP contribution in [0.15, 0.2) is 46.7 Å². The molecule has 0 spiro atoms. The van der Waals surface area contributed by atoms with Gasteiger partial charge in [-0.05, 0) is 18.2 Å². The summed E-state index contributed by atoms with van der Waals surface area (Å²) >= 11 is 1.41. The number of amides is 1. The summed E-state index contributed by atoms with van der Waals surface area (Å²) < 4.78 is 5.32. The molecule has 1 amide bonds. The fourth-order valence-corrected chi connectivity index (χ4v) is 3.37. The second-order valence-corrected chi connectivity index (χ2v) is 6.20. The van der Waals surface area contributed by atoms with Crippen molar-refractivity contribution in [2.75, 3.05) is 31.1 Å². The van der Waals surface area contributed by atoms with Gasteiger partial charge in [-0.2, -0.15) is 0 Å². The summed E-state index contributed by atoms with van der Waals surface area (Å²) in [5.74, 6) is 1.35. The number of carbonyl (C=O) groups excluding carboxylic acids is 1. The highest BCUT2D eigenvalue weighted by Gasteiger charge is 2.25. The molecule has 0 N–H and O–H groups in total. The number of piperazine rings is 1. The molecule has 7 nitrogen and oxygen atoms in total. The minimum atomic E-state index is -0.0438. The fraction of sp³-hybridized carbons (Fsp3) is 0.250. The van der Waals surface area contributed by atoms with Gasteiger partial charge in [0.15, 0.2) is 10.8 Å². The Morgan fingerprint density at radius 3 is 2.62 bits per heavy atom. The van der Waals surface area contributed by atoms with Gasteiger partial charge in [-0.15, -0.1) is 11.3 Å². The van der Waals surface area contributed by atoms with Crippen molar-refractivity contribution in [3.63, 3.8) is 0 Å². The average molecular weight is 341 g/mol. The van der Waals surface area contributed by atoms with Crippen molar-refractivity contribution in [3.05, 3.63) is 47.9 Å². The van der Waals surface area contributed by atoms with E-state index in [0.717, 1.165) is 5.01 Å². The lowest BCUT2D eigenvalue weighted by atomic mass is 10.3. The molecule has 8 heteroatoms. The van der Waals surface area contributed by atoms with Crippen LogP contribution in [0.25, 0.3) is 10.8 Å². The molecule has 1 aliphatic rings. The third-order valence-electron chi connectivity index (χ3n) is 3.86. The summed E-state index contributed by atoms with van der Waals surface area (Å²) in [7, 11) is 0. The molecule has 3 aromatic heterocycles. The maximum absolute atomic E-state index is 12.6. The zero-order valence-electron chi connectivity index (χ0n) is 12.8. The molecule has 1 aliphatic heterocycles. The SMILES string of the molecule is O=C(c1csc(-c2ccco2)n1)N1CCN(c2ncccn2)CC1. The molecule has 1 saturated heterocycles. The molecule has 0 unspecified atom stereocenters. The number of furan rings is 1. The van der Waals surface area contributed by atoms with Crippen LogP contribution >= 0.6 is 11.3 Å². The Morgan fingerprint density at radius 1 is 1.12 bits per heavy atom. The van der Waals surface area contributed by atoms with Gasteiger partial charge in [0.1, 0.15) is 5.69 Å². The van der Waals surface area contributed by atoms with Crippen molar-refractivity contribution >= 4 is 23.2 Å². The van der Waals surface area contributed by atoms with E-state index in [4.69, 9.17) is 4.42 Å². The monoisotopic (exact) mass is 341 g/mol. The molecule has 4 rings (SSSR count). The lowest BCUT2D eigenvalue weighted by Gasteiger charge is -2.34. The number of carbonyl (C=O) groups is 1. The van der Waals surface area contributed by atoms with Gasteiger partial charge in [-0.3, -0.25) is 4.79 Å². The Labute approximate surface area is 142 Å². The third-order valence-corrected chi connectivity index (χ3v) is 4.71. The first-order chi connectivity index (χ1) is 11.8. The van der Waals surface area contributed by atoms with Crippen LogP contribution in [0.4, 0.5) is 5.95 Å². The molecule has 1 fully saturated rings. The molecule has 0 radical (unpaired) electrons. The summed E-state index contributed by atoms with van der Waals surface area (Å²) in [6, 6.07) is 5.44. The molecule has 0 saturated carbocycles. The van der Waals surface area contributed by atoms with Gasteiger partial charge in [0.05, 0.1) is 6.26 Å². The van der Waals surface area contributed by atoms with Gasteiger partial charge in [-0.25, -0.2) is 15.0 Å². The zero-order chi connectivity index (χ0) is 16.4. The predicted molar refractivity (Wildman–Crippen MR) is 90.0 cm³/mol. The van der Waals surface area contributed by atoms with E-state index in [1.165, 1.54) is 11.3 Å². The Bertz CT molecular complexity index is 810. The second kappa shape index (κ2) is 6.40. The lowest BCUT2D eigenvalue weighted by molar-refractivity contribution is 0.0741. The number of thiazole rings is 1. The molecular weight excluding hydrogens is 326 g/mol. The molecule has 0 atom stereocenters. The van der Waals surface area contributed by atoms with E-state index >= 15 is 0 Å². The second-order valence-electron chi connectivity index (χ2n) is 5.34. The van der Waals surface area contributed by atoms with Gasteiger partial charge in [0, 0.05) is 44.0 Å². The van der Waals surface area contributed by atoms with Crippen LogP contribution in [0.2, 0.25) is 0 Å². The van der Waals surface area contributed by atoms with E-state index in [0.29, 0.717) is 43.6 Å². The Kier molecular flexibility index (Phi) is 3.96. The van der Waals surface area contributed by atoms with Crippen LogP contribution in [-0.2, 0) is 0 Å². The van der Waals surface area contributed by atoms with E-state index in [2.05, 4.69) is 19.9 Å². The maximum atomic E-state index is 12.6. The third kappa shape index (κ3) is 2.88. The van der Waals surface area contributed by atoms with Crippen LogP contribution in [0.5, 0.6) is 0 Å². The Hall–Kier alpha value is -2.74. The normalized spacial score (nSPS) is 14.8. The molecule has 122 valence electrons. The van der Waals surface area contributed by atoms with Crippen LogP contribution in [0.3, 0.4) is 0 Å². The van der Waals surface area contributed by atoms with E-state index in [-0.39, 0.29) is 5.91 Å². The van der Waals surface area contributed by atoms with E-state index in [1.54, 1.807) is 30.1 Å². The lowest BCUT2D eigenvalue weighted by Crippen LogP contribution is -2.49. The summed E-state index contributed by atoms with van der Waals surface area (Å²) in [6.07, 6.45) is 5.06.